The molecule has 0 aliphatic carbocycles. The third-order valence-corrected chi connectivity index (χ3v) is 3.69. The van der Waals surface area contributed by atoms with Crippen LogP contribution in [-0.4, -0.2) is 41.1 Å². The third kappa shape index (κ3) is 3.14. The van der Waals surface area contributed by atoms with Crippen LogP contribution in [0.1, 0.15) is 25.7 Å². The van der Waals surface area contributed by atoms with E-state index in [2.05, 4.69) is 60.9 Å². The predicted octanol–water partition coefficient (Wildman–Crippen LogP) is 2.18. The van der Waals surface area contributed by atoms with Crippen LogP contribution in [0.25, 0.3) is 11.0 Å². The average molecular weight is 260 g/mol. The third-order valence-electron chi connectivity index (χ3n) is 3.69. The second-order valence-electron chi connectivity index (χ2n) is 5.09. The largest absolute Gasteiger partial charge is 0.330 e. The van der Waals surface area contributed by atoms with E-state index in [1.807, 2.05) is 6.07 Å². The Hall–Kier alpha value is -1.39. The lowest BCUT2D eigenvalue weighted by molar-refractivity contribution is 0.340. The molecule has 0 aliphatic heterocycles. The number of para-hydroxylation sites is 2. The fourth-order valence-electron chi connectivity index (χ4n) is 2.27. The van der Waals surface area contributed by atoms with Crippen molar-refractivity contribution in [2.75, 3.05) is 26.7 Å². The summed E-state index contributed by atoms with van der Waals surface area (Å²) >= 11 is 0. The molecule has 104 valence electrons. The molecule has 1 aromatic carbocycles. The molecule has 2 aromatic rings. The van der Waals surface area contributed by atoms with E-state index in [4.69, 9.17) is 4.98 Å². The Bertz CT molecular complexity index is 532. The van der Waals surface area contributed by atoms with Gasteiger partial charge in [0.05, 0.1) is 17.1 Å². The molecule has 0 radical (unpaired) electrons. The number of rotatable bonds is 6. The Morgan fingerprint density at radius 1 is 1.37 bits per heavy atom. The molecule has 0 aliphatic rings. The number of hydrogen-bond donors (Lipinski definition) is 1. The number of nitrogens with one attached hydrogen (secondary N) is 1. The van der Waals surface area contributed by atoms with Gasteiger partial charge < -0.3 is 14.8 Å². The lowest BCUT2D eigenvalue weighted by Gasteiger charge is -2.17. The minimum atomic E-state index is 0.266. The van der Waals surface area contributed by atoms with Gasteiger partial charge in [0.15, 0.2) is 0 Å². The van der Waals surface area contributed by atoms with E-state index in [-0.39, 0.29) is 6.04 Å². The monoisotopic (exact) mass is 260 g/mol. The van der Waals surface area contributed by atoms with Crippen molar-refractivity contribution in [3.05, 3.63) is 30.1 Å². The maximum Gasteiger partial charge on any atom is 0.126 e. The lowest BCUT2D eigenvalue weighted by Crippen LogP contribution is -2.31. The molecule has 0 spiro atoms. The van der Waals surface area contributed by atoms with Gasteiger partial charge in [-0.2, -0.15) is 0 Å². The van der Waals surface area contributed by atoms with Crippen molar-refractivity contribution in [2.45, 2.75) is 19.9 Å². The topological polar surface area (TPSA) is 33.1 Å². The molecule has 0 saturated carbocycles. The number of nitrogens with zero attached hydrogens (tertiary/aromatic N) is 3. The molecule has 4 heteroatoms. The minimum absolute atomic E-state index is 0.266. The van der Waals surface area contributed by atoms with Crippen LogP contribution in [0.3, 0.4) is 0 Å². The second-order valence-corrected chi connectivity index (χ2v) is 5.09. The smallest absolute Gasteiger partial charge is 0.126 e. The molecular formula is C15H24N4. The molecule has 4 nitrogen and oxygen atoms in total. The fourth-order valence-corrected chi connectivity index (χ4v) is 2.27. The van der Waals surface area contributed by atoms with Crippen molar-refractivity contribution in [1.29, 1.82) is 0 Å². The number of aromatic nitrogens is 2. The van der Waals surface area contributed by atoms with Crippen LogP contribution in [0.2, 0.25) is 0 Å². The van der Waals surface area contributed by atoms with Gasteiger partial charge in [-0.05, 0) is 32.6 Å². The number of fused-ring (bicyclic) bond motifs is 1. The first-order valence-corrected chi connectivity index (χ1v) is 6.96. The fraction of sp³-hybridized carbons (Fsp3) is 0.533. The molecule has 1 aromatic heterocycles. The van der Waals surface area contributed by atoms with E-state index in [0.717, 1.165) is 31.0 Å². The van der Waals surface area contributed by atoms with Gasteiger partial charge in [-0.3, -0.25) is 0 Å². The lowest BCUT2D eigenvalue weighted by atomic mass is 10.3. The first-order valence-electron chi connectivity index (χ1n) is 6.96. The normalized spacial score (nSPS) is 13.3. The zero-order valence-corrected chi connectivity index (χ0v) is 12.3. The molecule has 0 saturated heterocycles. The Balaban J connectivity index is 2.05. The predicted molar refractivity (Wildman–Crippen MR) is 80.3 cm³/mol. The molecule has 1 heterocycles. The van der Waals surface area contributed by atoms with E-state index < -0.39 is 0 Å². The van der Waals surface area contributed by atoms with E-state index in [1.54, 1.807) is 0 Å². The zero-order valence-electron chi connectivity index (χ0n) is 12.3. The van der Waals surface area contributed by atoms with E-state index >= 15 is 0 Å². The standard InChI is InChI=1S/C15H24N4/c1-5-18(3)11-10-16-12(2)15-17-13-8-6-7-9-14(13)19(15)4/h6-9,12,16H,5,10-11H2,1-4H3. The van der Waals surface area contributed by atoms with Gasteiger partial charge in [0, 0.05) is 20.1 Å². The van der Waals surface area contributed by atoms with Crippen molar-refractivity contribution in [3.8, 4) is 0 Å². The van der Waals surface area contributed by atoms with Gasteiger partial charge in [-0.25, -0.2) is 4.98 Å². The summed E-state index contributed by atoms with van der Waals surface area (Å²) in [5, 5.41) is 3.54. The number of hydrogen-bond acceptors (Lipinski definition) is 3. The van der Waals surface area contributed by atoms with Crippen LogP contribution in [0.4, 0.5) is 0 Å². The summed E-state index contributed by atoms with van der Waals surface area (Å²) in [6.07, 6.45) is 0. The van der Waals surface area contributed by atoms with E-state index in [9.17, 15) is 0 Å². The summed E-state index contributed by atoms with van der Waals surface area (Å²) in [5.41, 5.74) is 2.26. The summed E-state index contributed by atoms with van der Waals surface area (Å²) in [7, 11) is 4.22. The van der Waals surface area contributed by atoms with Gasteiger partial charge in [0.2, 0.25) is 0 Å². The van der Waals surface area contributed by atoms with Gasteiger partial charge in [-0.1, -0.05) is 19.1 Å². The molecule has 0 amide bonds. The maximum atomic E-state index is 4.72. The van der Waals surface area contributed by atoms with Crippen molar-refractivity contribution in [3.63, 3.8) is 0 Å². The Morgan fingerprint density at radius 3 is 2.79 bits per heavy atom. The summed E-state index contributed by atoms with van der Waals surface area (Å²) in [5.74, 6) is 1.10. The number of imidazole rings is 1. The Labute approximate surface area is 115 Å². The van der Waals surface area contributed by atoms with Crippen LogP contribution in [0, 0.1) is 0 Å². The van der Waals surface area contributed by atoms with E-state index in [0.29, 0.717) is 0 Å². The molecule has 1 atom stereocenters. The van der Waals surface area contributed by atoms with Crippen LogP contribution in [0.15, 0.2) is 24.3 Å². The highest BCUT2D eigenvalue weighted by Gasteiger charge is 2.13. The van der Waals surface area contributed by atoms with Crippen LogP contribution < -0.4 is 5.32 Å². The van der Waals surface area contributed by atoms with Crippen molar-refractivity contribution < 1.29 is 0 Å². The minimum Gasteiger partial charge on any atom is -0.330 e. The first-order chi connectivity index (χ1) is 9.13. The first kappa shape index (κ1) is 14.0. The number of aryl methyl sites for hydroxylation is 1. The van der Waals surface area contributed by atoms with Gasteiger partial charge in [-0.15, -0.1) is 0 Å². The van der Waals surface area contributed by atoms with Crippen LogP contribution in [-0.2, 0) is 7.05 Å². The van der Waals surface area contributed by atoms with Gasteiger partial charge in [0.25, 0.3) is 0 Å². The average Bonchev–Trinajstić information content (AvgIpc) is 2.76. The second kappa shape index (κ2) is 6.17. The number of likely N-dealkylation sites (N-methyl/N-ethyl adjacent to an activating group) is 1. The summed E-state index contributed by atoms with van der Waals surface area (Å²) < 4.78 is 2.18. The zero-order chi connectivity index (χ0) is 13.8. The molecule has 2 rings (SSSR count). The quantitative estimate of drug-likeness (QED) is 0.864. The SMILES string of the molecule is CCN(C)CCNC(C)c1nc2ccccc2n1C. The summed E-state index contributed by atoms with van der Waals surface area (Å²) in [4.78, 5) is 7.02. The van der Waals surface area contributed by atoms with Gasteiger partial charge >= 0.3 is 0 Å². The Kier molecular flexibility index (Phi) is 4.56. The van der Waals surface area contributed by atoms with Crippen LogP contribution >= 0.6 is 0 Å². The molecular weight excluding hydrogens is 236 g/mol. The van der Waals surface area contributed by atoms with Crippen molar-refractivity contribution in [1.82, 2.24) is 19.8 Å². The van der Waals surface area contributed by atoms with Crippen molar-refractivity contribution in [2.24, 2.45) is 7.05 Å². The Morgan fingerprint density at radius 2 is 2.11 bits per heavy atom. The molecule has 0 bridgehead atoms. The molecule has 19 heavy (non-hydrogen) atoms. The molecule has 1 unspecified atom stereocenters. The summed E-state index contributed by atoms with van der Waals surface area (Å²) in [6, 6.07) is 8.54. The maximum absolute atomic E-state index is 4.72. The highest BCUT2D eigenvalue weighted by Crippen LogP contribution is 2.18. The highest BCUT2D eigenvalue weighted by molar-refractivity contribution is 5.75. The summed E-state index contributed by atoms with van der Waals surface area (Å²) in [6.45, 7) is 7.48. The van der Waals surface area contributed by atoms with Crippen molar-refractivity contribution >= 4 is 11.0 Å². The van der Waals surface area contributed by atoms with E-state index in [1.165, 1.54) is 5.52 Å². The van der Waals surface area contributed by atoms with Crippen LogP contribution in [0.5, 0.6) is 0 Å². The molecule has 0 fully saturated rings. The highest BCUT2D eigenvalue weighted by atomic mass is 15.1. The number of benzene rings is 1. The molecule has 1 N–H and O–H groups in total. The van der Waals surface area contributed by atoms with Gasteiger partial charge in [0.1, 0.15) is 5.82 Å².